The minimum Gasteiger partial charge on any atom is -0.493 e. The van der Waals surface area contributed by atoms with Gasteiger partial charge in [0, 0.05) is 0 Å². The third-order valence-corrected chi connectivity index (χ3v) is 4.03. The molecule has 0 aliphatic heterocycles. The number of H-pyrrole nitrogens is 1. The molecule has 0 fully saturated rings. The second kappa shape index (κ2) is 8.26. The zero-order valence-electron chi connectivity index (χ0n) is 14.8. The second-order valence-corrected chi connectivity index (χ2v) is 5.65. The van der Waals surface area contributed by atoms with Gasteiger partial charge in [-0.2, -0.15) is 5.21 Å². The van der Waals surface area contributed by atoms with Gasteiger partial charge in [-0.1, -0.05) is 29.5 Å². The summed E-state index contributed by atoms with van der Waals surface area (Å²) in [5.41, 5.74) is 0.795. The number of methoxy groups -OCH3 is 2. The predicted octanol–water partition coefficient (Wildman–Crippen LogP) is 2.32. The molecule has 0 saturated heterocycles. The summed E-state index contributed by atoms with van der Waals surface area (Å²) < 4.78 is 24.6. The van der Waals surface area contributed by atoms with Crippen molar-refractivity contribution in [2.24, 2.45) is 0 Å². The number of carbonyl (C=O) groups is 1. The molecule has 0 aliphatic rings. The maximum atomic E-state index is 13.9. The summed E-state index contributed by atoms with van der Waals surface area (Å²) in [4.78, 5) is 12.9. The SMILES string of the molecule is COc1cccc(CC(C(=O)Nc2ccccc2F)c2nn[nH]n2)c1OC. The first-order valence-corrected chi connectivity index (χ1v) is 8.12. The molecule has 140 valence electrons. The summed E-state index contributed by atoms with van der Waals surface area (Å²) in [5.74, 6) is -0.579. The van der Waals surface area contributed by atoms with Crippen LogP contribution in [-0.2, 0) is 11.2 Å². The second-order valence-electron chi connectivity index (χ2n) is 5.65. The first-order valence-electron chi connectivity index (χ1n) is 8.12. The fourth-order valence-corrected chi connectivity index (χ4v) is 2.74. The van der Waals surface area contributed by atoms with Crippen LogP contribution in [0.2, 0.25) is 0 Å². The van der Waals surface area contributed by atoms with Crippen LogP contribution in [0.4, 0.5) is 10.1 Å². The van der Waals surface area contributed by atoms with Crippen LogP contribution >= 0.6 is 0 Å². The number of hydrogen-bond donors (Lipinski definition) is 2. The van der Waals surface area contributed by atoms with Gasteiger partial charge in [0.25, 0.3) is 0 Å². The maximum absolute atomic E-state index is 13.9. The zero-order valence-corrected chi connectivity index (χ0v) is 14.8. The number of hydrogen-bond acceptors (Lipinski definition) is 6. The minimum atomic E-state index is -0.815. The van der Waals surface area contributed by atoms with Crippen LogP contribution in [0.25, 0.3) is 0 Å². The van der Waals surface area contributed by atoms with Crippen LogP contribution in [0.1, 0.15) is 17.3 Å². The summed E-state index contributed by atoms with van der Waals surface area (Å²) in [6.45, 7) is 0. The van der Waals surface area contributed by atoms with E-state index in [4.69, 9.17) is 9.47 Å². The number of halogens is 1. The van der Waals surface area contributed by atoms with Crippen molar-refractivity contribution in [1.29, 1.82) is 0 Å². The summed E-state index contributed by atoms with van der Waals surface area (Å²) in [7, 11) is 3.05. The van der Waals surface area contributed by atoms with Crippen molar-refractivity contribution in [2.75, 3.05) is 19.5 Å². The Hall–Kier alpha value is -3.49. The highest BCUT2D eigenvalue weighted by Gasteiger charge is 2.28. The number of aromatic nitrogens is 4. The number of para-hydroxylation sites is 2. The molecule has 0 spiro atoms. The number of nitrogens with zero attached hydrogens (tertiary/aromatic N) is 3. The highest BCUT2D eigenvalue weighted by atomic mass is 19.1. The molecule has 0 radical (unpaired) electrons. The molecule has 1 amide bonds. The number of amides is 1. The molecule has 1 aromatic heterocycles. The highest BCUT2D eigenvalue weighted by molar-refractivity contribution is 5.95. The molecular weight excluding hydrogens is 353 g/mol. The molecule has 9 heteroatoms. The van der Waals surface area contributed by atoms with Gasteiger partial charge in [-0.25, -0.2) is 4.39 Å². The van der Waals surface area contributed by atoms with Gasteiger partial charge in [0.1, 0.15) is 11.7 Å². The van der Waals surface area contributed by atoms with E-state index in [1.54, 1.807) is 24.3 Å². The van der Waals surface area contributed by atoms with Gasteiger partial charge in [0.05, 0.1) is 19.9 Å². The molecule has 2 N–H and O–H groups in total. The van der Waals surface area contributed by atoms with Gasteiger partial charge in [-0.15, -0.1) is 10.2 Å². The Labute approximate surface area is 154 Å². The van der Waals surface area contributed by atoms with Gasteiger partial charge in [-0.3, -0.25) is 4.79 Å². The molecule has 3 aromatic rings. The number of tetrazole rings is 1. The zero-order chi connectivity index (χ0) is 19.2. The standard InChI is InChI=1S/C18H18FN5O3/c1-26-15-9-5-6-11(16(15)27-2)10-12(17-21-23-24-22-17)18(25)20-14-8-4-3-7-13(14)19/h3-9,12H,10H2,1-2H3,(H,20,25)(H,21,22,23,24). The Morgan fingerprint density at radius 2 is 2.00 bits per heavy atom. The smallest absolute Gasteiger partial charge is 0.235 e. The van der Waals surface area contributed by atoms with Crippen molar-refractivity contribution < 1.29 is 18.7 Å². The number of anilines is 1. The van der Waals surface area contributed by atoms with Crippen molar-refractivity contribution in [3.05, 3.63) is 59.7 Å². The molecule has 0 saturated carbocycles. The Morgan fingerprint density at radius 3 is 2.67 bits per heavy atom. The van der Waals surface area contributed by atoms with Crippen LogP contribution in [0, 0.1) is 5.82 Å². The van der Waals surface area contributed by atoms with Gasteiger partial charge >= 0.3 is 0 Å². The van der Waals surface area contributed by atoms with E-state index in [9.17, 15) is 9.18 Å². The lowest BCUT2D eigenvalue weighted by Crippen LogP contribution is -2.25. The third-order valence-electron chi connectivity index (χ3n) is 4.03. The average Bonchev–Trinajstić information content (AvgIpc) is 3.21. The summed E-state index contributed by atoms with van der Waals surface area (Å²) in [6, 6.07) is 11.3. The lowest BCUT2D eigenvalue weighted by atomic mass is 9.96. The Kier molecular flexibility index (Phi) is 5.60. The fourth-order valence-electron chi connectivity index (χ4n) is 2.74. The lowest BCUT2D eigenvalue weighted by molar-refractivity contribution is -0.117. The van der Waals surface area contributed by atoms with Gasteiger partial charge < -0.3 is 14.8 Å². The topological polar surface area (TPSA) is 102 Å². The maximum Gasteiger partial charge on any atom is 0.235 e. The summed E-state index contributed by atoms with van der Waals surface area (Å²) >= 11 is 0. The Morgan fingerprint density at radius 1 is 1.19 bits per heavy atom. The monoisotopic (exact) mass is 371 g/mol. The molecule has 8 nitrogen and oxygen atoms in total. The molecule has 3 rings (SSSR count). The van der Waals surface area contributed by atoms with Crippen molar-refractivity contribution in [3.63, 3.8) is 0 Å². The molecule has 1 atom stereocenters. The van der Waals surface area contributed by atoms with E-state index in [1.165, 1.54) is 26.4 Å². The molecular formula is C18H18FN5O3. The quantitative estimate of drug-likeness (QED) is 0.661. The van der Waals surface area contributed by atoms with Crippen LogP contribution in [0.3, 0.4) is 0 Å². The van der Waals surface area contributed by atoms with Gasteiger partial charge in [-0.05, 0) is 30.2 Å². The average molecular weight is 371 g/mol. The van der Waals surface area contributed by atoms with Crippen molar-refractivity contribution in [3.8, 4) is 11.5 Å². The molecule has 2 aromatic carbocycles. The molecule has 27 heavy (non-hydrogen) atoms. The van der Waals surface area contributed by atoms with E-state index < -0.39 is 17.6 Å². The molecule has 1 unspecified atom stereocenters. The van der Waals surface area contributed by atoms with Crippen molar-refractivity contribution in [1.82, 2.24) is 20.6 Å². The first-order chi connectivity index (χ1) is 13.1. The van der Waals surface area contributed by atoms with Gasteiger partial charge in [0.15, 0.2) is 17.3 Å². The van der Waals surface area contributed by atoms with E-state index in [0.717, 1.165) is 5.56 Å². The Bertz CT molecular complexity index is 917. The molecule has 0 bridgehead atoms. The number of nitrogens with one attached hydrogen (secondary N) is 2. The van der Waals surface area contributed by atoms with E-state index >= 15 is 0 Å². The van der Waals surface area contributed by atoms with Crippen LogP contribution in [-0.4, -0.2) is 40.8 Å². The third kappa shape index (κ3) is 4.02. The van der Waals surface area contributed by atoms with E-state index in [0.29, 0.717) is 11.5 Å². The van der Waals surface area contributed by atoms with Crippen molar-refractivity contribution in [2.45, 2.75) is 12.3 Å². The first kappa shape index (κ1) is 18.3. The number of carbonyl (C=O) groups excluding carboxylic acids is 1. The molecule has 1 heterocycles. The number of aromatic amines is 1. The van der Waals surface area contributed by atoms with E-state index in [-0.39, 0.29) is 17.9 Å². The van der Waals surface area contributed by atoms with Crippen molar-refractivity contribution >= 4 is 11.6 Å². The number of rotatable bonds is 7. The number of ether oxygens (including phenoxy) is 2. The minimum absolute atomic E-state index is 0.0774. The Balaban J connectivity index is 1.92. The van der Waals surface area contributed by atoms with Crippen LogP contribution < -0.4 is 14.8 Å². The molecule has 0 aliphatic carbocycles. The predicted molar refractivity (Wildman–Crippen MR) is 95.2 cm³/mol. The fraction of sp³-hybridized carbons (Fsp3) is 0.222. The highest BCUT2D eigenvalue weighted by Crippen LogP contribution is 2.34. The van der Waals surface area contributed by atoms with Crippen LogP contribution in [0.5, 0.6) is 11.5 Å². The summed E-state index contributed by atoms with van der Waals surface area (Å²) in [5, 5.41) is 16.3. The largest absolute Gasteiger partial charge is 0.493 e. The van der Waals surface area contributed by atoms with E-state index in [2.05, 4.69) is 25.9 Å². The van der Waals surface area contributed by atoms with Gasteiger partial charge in [0.2, 0.25) is 5.91 Å². The lowest BCUT2D eigenvalue weighted by Gasteiger charge is -2.17. The summed E-state index contributed by atoms with van der Waals surface area (Å²) in [6.07, 6.45) is 0.209. The normalized spacial score (nSPS) is 11.7. The van der Waals surface area contributed by atoms with Crippen LogP contribution in [0.15, 0.2) is 42.5 Å². The number of benzene rings is 2. The van der Waals surface area contributed by atoms with E-state index in [1.807, 2.05) is 6.07 Å².